The normalized spacial score (nSPS) is 28.7. The maximum atomic E-state index is 10.3. The van der Waals surface area contributed by atoms with Crippen LogP contribution in [-0.4, -0.2) is 48.0 Å². The summed E-state index contributed by atoms with van der Waals surface area (Å²) in [5.74, 6) is 1.41. The molecule has 7 heteroatoms. The van der Waals surface area contributed by atoms with Crippen LogP contribution in [0.1, 0.15) is 39.1 Å². The molecule has 1 fully saturated rings. The topological polar surface area (TPSA) is 96.1 Å². The molecule has 1 unspecified atom stereocenters. The molecule has 2 aromatic rings. The number of fused-ring (bicyclic) bond motifs is 1. The molecule has 22 heavy (non-hydrogen) atoms. The summed E-state index contributed by atoms with van der Waals surface area (Å²) in [5.41, 5.74) is 1.39. The molecule has 1 saturated carbocycles. The first-order chi connectivity index (χ1) is 10.4. The largest absolute Gasteiger partial charge is 0.390 e. The van der Waals surface area contributed by atoms with E-state index in [0.29, 0.717) is 29.2 Å². The molecule has 1 aliphatic carbocycles. The first-order valence-electron chi connectivity index (χ1n) is 7.72. The van der Waals surface area contributed by atoms with Crippen LogP contribution in [0, 0.1) is 12.8 Å². The molecule has 0 spiro atoms. The summed E-state index contributed by atoms with van der Waals surface area (Å²) in [4.78, 5) is 13.3. The van der Waals surface area contributed by atoms with Crippen molar-refractivity contribution in [2.45, 2.75) is 58.4 Å². The Morgan fingerprint density at radius 1 is 1.27 bits per heavy atom. The lowest BCUT2D eigenvalue weighted by Crippen LogP contribution is -2.28. The van der Waals surface area contributed by atoms with Gasteiger partial charge in [0.2, 0.25) is 0 Å². The minimum atomic E-state index is -0.802. The van der Waals surface area contributed by atoms with Crippen LogP contribution in [-0.2, 0) is 0 Å². The second-order valence-electron chi connectivity index (χ2n) is 6.50. The highest BCUT2D eigenvalue weighted by molar-refractivity contribution is 5.83. The number of aromatic nitrogens is 4. The number of hydrogen-bond donors (Lipinski definition) is 3. The highest BCUT2D eigenvalue weighted by Gasteiger charge is 2.40. The fourth-order valence-corrected chi connectivity index (χ4v) is 3.14. The minimum Gasteiger partial charge on any atom is -0.390 e. The van der Waals surface area contributed by atoms with Crippen LogP contribution in [0.15, 0.2) is 6.33 Å². The highest BCUT2D eigenvalue weighted by atomic mass is 16.3. The van der Waals surface area contributed by atoms with E-state index in [4.69, 9.17) is 0 Å². The van der Waals surface area contributed by atoms with Crippen LogP contribution >= 0.6 is 0 Å². The van der Waals surface area contributed by atoms with E-state index in [9.17, 15) is 10.2 Å². The fraction of sp³-hybridized carbons (Fsp3) is 0.667. The Kier molecular flexibility index (Phi) is 3.78. The van der Waals surface area contributed by atoms with Crippen LogP contribution in [0.5, 0.6) is 0 Å². The van der Waals surface area contributed by atoms with Crippen molar-refractivity contribution in [1.82, 2.24) is 19.5 Å². The Labute approximate surface area is 129 Å². The van der Waals surface area contributed by atoms with Gasteiger partial charge in [-0.1, -0.05) is 6.92 Å². The van der Waals surface area contributed by atoms with Gasteiger partial charge in [0, 0.05) is 6.04 Å². The van der Waals surface area contributed by atoms with Crippen molar-refractivity contribution in [2.75, 3.05) is 5.32 Å². The average molecular weight is 305 g/mol. The maximum absolute atomic E-state index is 10.3. The van der Waals surface area contributed by atoms with Gasteiger partial charge in [0.15, 0.2) is 11.5 Å². The molecule has 0 radical (unpaired) electrons. The summed E-state index contributed by atoms with van der Waals surface area (Å²) in [6, 6.07) is 0.0257. The summed E-state index contributed by atoms with van der Waals surface area (Å²) < 4.78 is 1.87. The van der Waals surface area contributed by atoms with E-state index in [0.717, 1.165) is 0 Å². The van der Waals surface area contributed by atoms with Gasteiger partial charge in [-0.2, -0.15) is 0 Å². The Balaban J connectivity index is 2.07. The van der Waals surface area contributed by atoms with Crippen LogP contribution < -0.4 is 5.32 Å². The lowest BCUT2D eigenvalue weighted by Gasteiger charge is -2.18. The third-order valence-corrected chi connectivity index (χ3v) is 4.26. The van der Waals surface area contributed by atoms with Crippen molar-refractivity contribution < 1.29 is 10.2 Å². The number of aryl methyl sites for hydroxylation is 1. The molecule has 4 atom stereocenters. The molecule has 3 N–H and O–H groups in total. The minimum absolute atomic E-state index is 0.0497. The van der Waals surface area contributed by atoms with Gasteiger partial charge in [0.25, 0.3) is 0 Å². The molecule has 3 rings (SSSR count). The van der Waals surface area contributed by atoms with Gasteiger partial charge in [-0.05, 0) is 33.1 Å². The predicted molar refractivity (Wildman–Crippen MR) is 83.7 cm³/mol. The zero-order valence-corrected chi connectivity index (χ0v) is 13.4. The fourth-order valence-electron chi connectivity index (χ4n) is 3.14. The van der Waals surface area contributed by atoms with Crippen molar-refractivity contribution in [3.05, 3.63) is 12.2 Å². The van der Waals surface area contributed by atoms with Gasteiger partial charge in [0.05, 0.1) is 18.5 Å². The number of rotatable bonds is 3. The molecule has 0 saturated heterocycles. The maximum Gasteiger partial charge on any atom is 0.166 e. The quantitative estimate of drug-likeness (QED) is 0.790. The molecular formula is C15H23N5O2. The lowest BCUT2D eigenvalue weighted by atomic mass is 10.1. The molecule has 0 aromatic carbocycles. The van der Waals surface area contributed by atoms with Crippen LogP contribution in [0.3, 0.4) is 0 Å². The summed E-state index contributed by atoms with van der Waals surface area (Å²) in [6.07, 6.45) is 0.870. The first kappa shape index (κ1) is 15.2. The Hall–Kier alpha value is -1.73. The third kappa shape index (κ3) is 2.44. The van der Waals surface area contributed by atoms with E-state index in [1.165, 1.54) is 0 Å². The Morgan fingerprint density at radius 2 is 2.00 bits per heavy atom. The highest BCUT2D eigenvalue weighted by Crippen LogP contribution is 2.37. The van der Waals surface area contributed by atoms with E-state index >= 15 is 0 Å². The average Bonchev–Trinajstić information content (AvgIpc) is 2.95. The lowest BCUT2D eigenvalue weighted by molar-refractivity contribution is 0.00964. The van der Waals surface area contributed by atoms with Gasteiger partial charge >= 0.3 is 0 Å². The number of aliphatic hydroxyl groups is 2. The number of imidazole rings is 1. The van der Waals surface area contributed by atoms with Crippen LogP contribution in [0.25, 0.3) is 11.2 Å². The second kappa shape index (κ2) is 5.48. The third-order valence-electron chi connectivity index (χ3n) is 4.26. The van der Waals surface area contributed by atoms with E-state index < -0.39 is 12.2 Å². The van der Waals surface area contributed by atoms with E-state index in [1.54, 1.807) is 6.33 Å². The summed E-state index contributed by atoms with van der Waals surface area (Å²) in [6.45, 7) is 7.86. The molecule has 0 bridgehead atoms. The van der Waals surface area contributed by atoms with Crippen molar-refractivity contribution in [3.63, 3.8) is 0 Å². The Bertz CT molecular complexity index is 684. The van der Waals surface area contributed by atoms with Crippen LogP contribution in [0.4, 0.5) is 5.82 Å². The summed E-state index contributed by atoms with van der Waals surface area (Å²) in [7, 11) is 0. The van der Waals surface area contributed by atoms with Crippen molar-refractivity contribution in [2.24, 2.45) is 5.92 Å². The van der Waals surface area contributed by atoms with E-state index in [1.807, 2.05) is 32.3 Å². The molecule has 7 nitrogen and oxygen atoms in total. The van der Waals surface area contributed by atoms with Gasteiger partial charge in [-0.15, -0.1) is 0 Å². The summed E-state index contributed by atoms with van der Waals surface area (Å²) >= 11 is 0. The number of nitrogens with one attached hydrogen (secondary N) is 1. The smallest absolute Gasteiger partial charge is 0.166 e. The van der Waals surface area contributed by atoms with E-state index in [-0.39, 0.29) is 18.0 Å². The number of aliphatic hydroxyl groups excluding tert-OH is 2. The molecule has 0 aliphatic heterocycles. The first-order valence-corrected chi connectivity index (χ1v) is 7.72. The SMILES string of the molecule is Cc1nc(NC(C)C)c2ncn([C@@H]3C[C@@H](C)C(O)[C@@H]3O)c2n1. The van der Waals surface area contributed by atoms with Gasteiger partial charge in [0.1, 0.15) is 17.4 Å². The standard InChI is InChI=1S/C15H23N5O2/c1-7(2)17-14-11-15(19-9(4)18-14)20(6-16-11)10-5-8(3)12(21)13(10)22/h6-8,10,12-13,21-22H,5H2,1-4H3,(H,17,18,19)/t8-,10-,12?,13-/m1/s1. The number of nitrogens with zero attached hydrogens (tertiary/aromatic N) is 4. The number of hydrogen-bond acceptors (Lipinski definition) is 6. The molecular weight excluding hydrogens is 282 g/mol. The van der Waals surface area contributed by atoms with Crippen molar-refractivity contribution in [3.8, 4) is 0 Å². The van der Waals surface area contributed by atoms with Crippen molar-refractivity contribution in [1.29, 1.82) is 0 Å². The zero-order chi connectivity index (χ0) is 16.0. The molecule has 0 amide bonds. The van der Waals surface area contributed by atoms with Gasteiger partial charge < -0.3 is 20.1 Å². The molecule has 2 aromatic heterocycles. The van der Waals surface area contributed by atoms with Gasteiger partial charge in [-0.25, -0.2) is 15.0 Å². The second-order valence-corrected chi connectivity index (χ2v) is 6.50. The van der Waals surface area contributed by atoms with E-state index in [2.05, 4.69) is 20.3 Å². The van der Waals surface area contributed by atoms with Gasteiger partial charge in [-0.3, -0.25) is 0 Å². The Morgan fingerprint density at radius 3 is 2.59 bits per heavy atom. The summed E-state index contributed by atoms with van der Waals surface area (Å²) in [5, 5.41) is 23.6. The molecule has 120 valence electrons. The zero-order valence-electron chi connectivity index (χ0n) is 13.4. The predicted octanol–water partition coefficient (Wildman–Crippen LogP) is 1.26. The number of anilines is 1. The molecule has 2 heterocycles. The van der Waals surface area contributed by atoms with Crippen molar-refractivity contribution >= 4 is 17.0 Å². The monoisotopic (exact) mass is 305 g/mol. The molecule has 1 aliphatic rings. The van der Waals surface area contributed by atoms with Crippen LogP contribution in [0.2, 0.25) is 0 Å².